The van der Waals surface area contributed by atoms with Crippen molar-refractivity contribution in [1.29, 1.82) is 0 Å². The van der Waals surface area contributed by atoms with Gasteiger partial charge in [0.25, 0.3) is 0 Å². The van der Waals surface area contributed by atoms with E-state index in [-0.39, 0.29) is 11.9 Å². The molecule has 0 N–H and O–H groups in total. The van der Waals surface area contributed by atoms with E-state index in [1.807, 2.05) is 12.3 Å². The standard InChI is InChI=1S/C16H26N2O3S2/c1-13-17-14(11-22-13)12-23(19,20)18-9-7-16(8-10-18)21-15-5-3-2-4-6-15/h11,15-16H,2-10,12H2,1H3. The number of piperidine rings is 1. The molecule has 3 rings (SSSR count). The number of hydrogen-bond donors (Lipinski definition) is 0. The quantitative estimate of drug-likeness (QED) is 0.811. The van der Waals surface area contributed by atoms with Gasteiger partial charge in [-0.15, -0.1) is 11.3 Å². The molecule has 23 heavy (non-hydrogen) atoms. The Hall–Kier alpha value is -0.500. The summed E-state index contributed by atoms with van der Waals surface area (Å²) in [6, 6.07) is 0. The average molecular weight is 359 g/mol. The van der Waals surface area contributed by atoms with Gasteiger partial charge in [0.1, 0.15) is 5.75 Å². The number of hydrogen-bond acceptors (Lipinski definition) is 5. The van der Waals surface area contributed by atoms with Crippen LogP contribution < -0.4 is 0 Å². The van der Waals surface area contributed by atoms with Crippen molar-refractivity contribution in [2.24, 2.45) is 0 Å². The van der Waals surface area contributed by atoms with Gasteiger partial charge in [0, 0.05) is 18.5 Å². The van der Waals surface area contributed by atoms with Gasteiger partial charge in [0.2, 0.25) is 10.0 Å². The van der Waals surface area contributed by atoms with Gasteiger partial charge in [-0.1, -0.05) is 19.3 Å². The van der Waals surface area contributed by atoms with Crippen molar-refractivity contribution in [3.63, 3.8) is 0 Å². The summed E-state index contributed by atoms with van der Waals surface area (Å²) in [6.45, 7) is 3.04. The van der Waals surface area contributed by atoms with Crippen molar-refractivity contribution in [3.8, 4) is 0 Å². The normalized spacial score (nSPS) is 22.5. The minimum absolute atomic E-state index is 0.0193. The molecule has 2 aliphatic rings. The summed E-state index contributed by atoms with van der Waals surface area (Å²) in [5.41, 5.74) is 0.660. The van der Waals surface area contributed by atoms with Crippen LogP contribution in [-0.2, 0) is 20.5 Å². The minimum atomic E-state index is -3.26. The van der Waals surface area contributed by atoms with Crippen LogP contribution in [0.5, 0.6) is 0 Å². The lowest BCUT2D eigenvalue weighted by molar-refractivity contribution is -0.0485. The first-order chi connectivity index (χ1) is 11.0. The van der Waals surface area contributed by atoms with E-state index in [0.29, 0.717) is 24.9 Å². The fourth-order valence-electron chi connectivity index (χ4n) is 3.47. The van der Waals surface area contributed by atoms with Crippen LogP contribution in [0.2, 0.25) is 0 Å². The van der Waals surface area contributed by atoms with E-state index in [4.69, 9.17) is 4.74 Å². The second-order valence-electron chi connectivity index (χ2n) is 6.61. The van der Waals surface area contributed by atoms with E-state index in [1.165, 1.54) is 43.4 Å². The molecule has 1 aliphatic heterocycles. The Morgan fingerprint density at radius 2 is 1.83 bits per heavy atom. The van der Waals surface area contributed by atoms with Crippen LogP contribution in [-0.4, -0.2) is 43.0 Å². The molecule has 1 saturated heterocycles. The predicted octanol–water partition coefficient (Wildman–Crippen LogP) is 3.10. The largest absolute Gasteiger partial charge is 0.375 e. The number of thiazole rings is 1. The van der Waals surface area contributed by atoms with Gasteiger partial charge in [0.05, 0.1) is 22.9 Å². The van der Waals surface area contributed by atoms with Gasteiger partial charge in [-0.25, -0.2) is 17.7 Å². The number of aryl methyl sites for hydroxylation is 1. The smallest absolute Gasteiger partial charge is 0.219 e. The molecule has 0 atom stereocenters. The van der Waals surface area contributed by atoms with E-state index < -0.39 is 10.0 Å². The maximum atomic E-state index is 12.5. The molecule has 0 unspecified atom stereocenters. The van der Waals surface area contributed by atoms with Crippen molar-refractivity contribution >= 4 is 21.4 Å². The summed E-state index contributed by atoms with van der Waals surface area (Å²) in [4.78, 5) is 4.27. The third-order valence-corrected chi connectivity index (χ3v) is 7.36. The molecule has 1 saturated carbocycles. The van der Waals surface area contributed by atoms with Gasteiger partial charge >= 0.3 is 0 Å². The number of ether oxygens (including phenoxy) is 1. The van der Waals surface area contributed by atoms with Crippen LogP contribution >= 0.6 is 11.3 Å². The maximum absolute atomic E-state index is 12.5. The van der Waals surface area contributed by atoms with Crippen LogP contribution in [0.1, 0.15) is 55.6 Å². The molecule has 0 spiro atoms. The van der Waals surface area contributed by atoms with Gasteiger partial charge in [-0.2, -0.15) is 0 Å². The SMILES string of the molecule is Cc1nc(CS(=O)(=O)N2CCC(OC3CCCCC3)CC2)cs1. The number of aromatic nitrogens is 1. The van der Waals surface area contributed by atoms with Crippen molar-refractivity contribution in [2.75, 3.05) is 13.1 Å². The summed E-state index contributed by atoms with van der Waals surface area (Å²) in [5.74, 6) is 0.0193. The molecule has 5 nitrogen and oxygen atoms in total. The van der Waals surface area contributed by atoms with Crippen molar-refractivity contribution in [2.45, 2.75) is 69.8 Å². The highest BCUT2D eigenvalue weighted by atomic mass is 32.2. The van der Waals surface area contributed by atoms with Gasteiger partial charge in [-0.05, 0) is 32.6 Å². The van der Waals surface area contributed by atoms with E-state index in [2.05, 4.69) is 4.98 Å². The Morgan fingerprint density at radius 3 is 2.43 bits per heavy atom. The lowest BCUT2D eigenvalue weighted by atomic mass is 9.97. The highest BCUT2D eigenvalue weighted by Gasteiger charge is 2.30. The minimum Gasteiger partial charge on any atom is -0.375 e. The first kappa shape index (κ1) is 17.3. The molecule has 130 valence electrons. The lowest BCUT2D eigenvalue weighted by Gasteiger charge is -2.34. The first-order valence-corrected chi connectivity index (χ1v) is 11.1. The molecule has 1 aromatic rings. The predicted molar refractivity (Wildman–Crippen MR) is 92.0 cm³/mol. The first-order valence-electron chi connectivity index (χ1n) is 8.57. The zero-order valence-corrected chi connectivity index (χ0v) is 15.4. The summed E-state index contributed by atoms with van der Waals surface area (Å²) in [6.07, 6.45) is 8.45. The van der Waals surface area contributed by atoms with Crippen molar-refractivity contribution in [1.82, 2.24) is 9.29 Å². The molecule has 0 radical (unpaired) electrons. The fraction of sp³-hybridized carbons (Fsp3) is 0.812. The Kier molecular flexibility index (Phi) is 5.72. The van der Waals surface area contributed by atoms with Crippen molar-refractivity contribution in [3.05, 3.63) is 16.1 Å². The fourth-order valence-corrected chi connectivity index (χ4v) is 5.66. The zero-order valence-electron chi connectivity index (χ0n) is 13.7. The van der Waals surface area contributed by atoms with E-state index in [1.54, 1.807) is 4.31 Å². The third-order valence-electron chi connectivity index (χ3n) is 4.73. The summed E-state index contributed by atoms with van der Waals surface area (Å²) >= 11 is 1.50. The maximum Gasteiger partial charge on any atom is 0.219 e. The number of rotatable bonds is 5. The molecule has 0 bridgehead atoms. The molecule has 7 heteroatoms. The summed E-state index contributed by atoms with van der Waals surface area (Å²) in [5, 5.41) is 2.75. The van der Waals surface area contributed by atoms with Crippen LogP contribution in [0.3, 0.4) is 0 Å². The Balaban J connectivity index is 1.49. The topological polar surface area (TPSA) is 59.5 Å². The molecule has 0 aromatic carbocycles. The van der Waals surface area contributed by atoms with E-state index in [9.17, 15) is 8.42 Å². The second kappa shape index (κ2) is 7.59. The monoisotopic (exact) mass is 358 g/mol. The van der Waals surface area contributed by atoms with Gasteiger partial charge in [-0.3, -0.25) is 0 Å². The third kappa shape index (κ3) is 4.75. The van der Waals surface area contributed by atoms with Gasteiger partial charge in [0.15, 0.2) is 0 Å². The van der Waals surface area contributed by atoms with Crippen LogP contribution in [0, 0.1) is 6.92 Å². The number of nitrogens with zero attached hydrogens (tertiary/aromatic N) is 2. The Bertz CT molecular complexity index is 601. The lowest BCUT2D eigenvalue weighted by Crippen LogP contribution is -2.42. The highest BCUT2D eigenvalue weighted by molar-refractivity contribution is 7.88. The molecule has 1 aliphatic carbocycles. The average Bonchev–Trinajstić information content (AvgIpc) is 2.93. The molecule has 2 fully saturated rings. The highest BCUT2D eigenvalue weighted by Crippen LogP contribution is 2.26. The van der Waals surface area contributed by atoms with Gasteiger partial charge < -0.3 is 4.74 Å². The van der Waals surface area contributed by atoms with E-state index >= 15 is 0 Å². The zero-order chi connectivity index (χ0) is 16.3. The van der Waals surface area contributed by atoms with Crippen LogP contribution in [0.4, 0.5) is 0 Å². The summed E-state index contributed by atoms with van der Waals surface area (Å²) < 4.78 is 32.8. The summed E-state index contributed by atoms with van der Waals surface area (Å²) in [7, 11) is -3.26. The molecule has 1 aromatic heterocycles. The Labute approximate surface area is 143 Å². The molecule has 0 amide bonds. The van der Waals surface area contributed by atoms with E-state index in [0.717, 1.165) is 17.8 Å². The Morgan fingerprint density at radius 1 is 1.17 bits per heavy atom. The molecular weight excluding hydrogens is 332 g/mol. The molecular formula is C16H26N2O3S2. The molecule has 2 heterocycles. The number of sulfonamides is 1. The van der Waals surface area contributed by atoms with Crippen LogP contribution in [0.25, 0.3) is 0 Å². The van der Waals surface area contributed by atoms with Crippen molar-refractivity contribution < 1.29 is 13.2 Å². The van der Waals surface area contributed by atoms with Crippen LogP contribution in [0.15, 0.2) is 5.38 Å². The second-order valence-corrected chi connectivity index (χ2v) is 9.64.